The van der Waals surface area contributed by atoms with Crippen LogP contribution >= 0.6 is 0 Å². The molecule has 166 valence electrons. The van der Waals surface area contributed by atoms with Crippen LogP contribution in [0.1, 0.15) is 136 Å². The van der Waals surface area contributed by atoms with E-state index in [2.05, 4.69) is 24.4 Å². The number of aliphatic hydroxyl groups is 1. The van der Waals surface area contributed by atoms with Crippen LogP contribution in [0.15, 0.2) is 12.2 Å². The Morgan fingerprint density at radius 2 is 1.14 bits per heavy atom. The Morgan fingerprint density at radius 3 is 1.61 bits per heavy atom. The summed E-state index contributed by atoms with van der Waals surface area (Å²) in [6, 6.07) is 0. The first-order valence-corrected chi connectivity index (χ1v) is 12.3. The van der Waals surface area contributed by atoms with E-state index in [1.165, 1.54) is 96.3 Å². The van der Waals surface area contributed by atoms with Crippen molar-refractivity contribution < 1.29 is 9.90 Å². The van der Waals surface area contributed by atoms with Crippen LogP contribution in [0.5, 0.6) is 0 Å². The third kappa shape index (κ3) is 21.5. The molecule has 0 heterocycles. The number of amides is 1. The number of rotatable bonds is 21. The van der Waals surface area contributed by atoms with Gasteiger partial charge in [0.2, 0.25) is 5.91 Å². The largest absolute Gasteiger partial charge is 0.374 e. The first kappa shape index (κ1) is 27.2. The number of carbonyl (C=O) groups excluding carboxylic acids is 1. The Hall–Kier alpha value is -0.830. The molecule has 1 atom stereocenters. The monoisotopic (exact) mass is 395 g/mol. The predicted octanol–water partition coefficient (Wildman–Crippen LogP) is 7.43. The van der Waals surface area contributed by atoms with E-state index in [0.29, 0.717) is 12.8 Å². The van der Waals surface area contributed by atoms with Gasteiger partial charge < -0.3 is 10.4 Å². The lowest BCUT2D eigenvalue weighted by atomic mass is 10.1. The molecule has 0 saturated heterocycles. The minimum Gasteiger partial charge on any atom is -0.374 e. The number of allylic oxidation sites excluding steroid dienone is 2. The molecular formula is C25H49NO2. The van der Waals surface area contributed by atoms with E-state index in [1.807, 2.05) is 6.92 Å². The molecular weight excluding hydrogens is 346 g/mol. The third-order valence-electron chi connectivity index (χ3n) is 5.38. The Bertz CT molecular complexity index is 354. The molecule has 2 N–H and O–H groups in total. The van der Waals surface area contributed by atoms with Crippen LogP contribution in [-0.2, 0) is 4.79 Å². The van der Waals surface area contributed by atoms with Crippen molar-refractivity contribution >= 4 is 5.91 Å². The summed E-state index contributed by atoms with van der Waals surface area (Å²) in [7, 11) is 0. The standard InChI is InChI=1S/C25H49NO2/c1-3-5-6-7-8-9-10-11-12-13-14-15-16-17-18-19-20-21-22-23-25(28)26-24(27)4-2/h11-12,24,27H,3-10,13-23H2,1-2H3,(H,26,28)/b12-11-. The van der Waals surface area contributed by atoms with E-state index in [4.69, 9.17) is 0 Å². The highest BCUT2D eigenvalue weighted by Gasteiger charge is 2.05. The van der Waals surface area contributed by atoms with Gasteiger partial charge in [-0.25, -0.2) is 0 Å². The van der Waals surface area contributed by atoms with Crippen LogP contribution in [-0.4, -0.2) is 17.2 Å². The molecule has 3 heteroatoms. The molecule has 1 unspecified atom stereocenters. The fraction of sp³-hybridized carbons (Fsp3) is 0.880. The number of hydrogen-bond donors (Lipinski definition) is 2. The predicted molar refractivity (Wildman–Crippen MR) is 122 cm³/mol. The van der Waals surface area contributed by atoms with Crippen LogP contribution in [0.25, 0.3) is 0 Å². The summed E-state index contributed by atoms with van der Waals surface area (Å²) in [5.41, 5.74) is 0. The lowest BCUT2D eigenvalue weighted by Crippen LogP contribution is -2.33. The highest BCUT2D eigenvalue weighted by molar-refractivity contribution is 5.75. The van der Waals surface area contributed by atoms with Crippen molar-refractivity contribution in [3.05, 3.63) is 12.2 Å². The summed E-state index contributed by atoms with van der Waals surface area (Å²) in [5, 5.41) is 12.0. The number of nitrogens with one attached hydrogen (secondary N) is 1. The highest BCUT2D eigenvalue weighted by atomic mass is 16.3. The molecule has 0 fully saturated rings. The van der Waals surface area contributed by atoms with E-state index in [1.54, 1.807) is 0 Å². The Kier molecular flexibility index (Phi) is 21.8. The van der Waals surface area contributed by atoms with Gasteiger partial charge in [-0.05, 0) is 38.5 Å². The second kappa shape index (κ2) is 22.5. The van der Waals surface area contributed by atoms with Gasteiger partial charge in [0.15, 0.2) is 0 Å². The molecule has 3 nitrogen and oxygen atoms in total. The van der Waals surface area contributed by atoms with Crippen LogP contribution in [0, 0.1) is 0 Å². The van der Waals surface area contributed by atoms with E-state index in [9.17, 15) is 9.90 Å². The van der Waals surface area contributed by atoms with Crippen molar-refractivity contribution in [2.24, 2.45) is 0 Å². The average Bonchev–Trinajstić information content (AvgIpc) is 2.69. The molecule has 0 aliphatic carbocycles. The highest BCUT2D eigenvalue weighted by Crippen LogP contribution is 2.12. The Morgan fingerprint density at radius 1 is 0.714 bits per heavy atom. The number of hydrogen-bond acceptors (Lipinski definition) is 2. The summed E-state index contributed by atoms with van der Waals surface area (Å²) in [5.74, 6) is -0.0182. The van der Waals surface area contributed by atoms with Crippen LogP contribution < -0.4 is 5.32 Å². The maximum absolute atomic E-state index is 11.5. The maximum Gasteiger partial charge on any atom is 0.221 e. The lowest BCUT2D eigenvalue weighted by molar-refractivity contribution is -0.124. The van der Waals surface area contributed by atoms with Crippen molar-refractivity contribution in [1.82, 2.24) is 5.32 Å². The minimum absolute atomic E-state index is 0.0182. The van der Waals surface area contributed by atoms with Gasteiger partial charge in [-0.1, -0.05) is 103 Å². The number of unbranched alkanes of at least 4 members (excludes halogenated alkanes) is 15. The Labute approximate surface area is 175 Å². The second-order valence-corrected chi connectivity index (χ2v) is 8.24. The summed E-state index contributed by atoms with van der Waals surface area (Å²) in [4.78, 5) is 11.5. The van der Waals surface area contributed by atoms with Gasteiger partial charge in [-0.3, -0.25) is 4.79 Å². The van der Waals surface area contributed by atoms with E-state index >= 15 is 0 Å². The smallest absolute Gasteiger partial charge is 0.221 e. The van der Waals surface area contributed by atoms with Gasteiger partial charge in [-0.2, -0.15) is 0 Å². The molecule has 0 rings (SSSR count). The fourth-order valence-electron chi connectivity index (χ4n) is 3.42. The third-order valence-corrected chi connectivity index (χ3v) is 5.38. The minimum atomic E-state index is -0.677. The molecule has 0 aliphatic heterocycles. The zero-order valence-corrected chi connectivity index (χ0v) is 19.0. The topological polar surface area (TPSA) is 49.3 Å². The molecule has 0 aromatic rings. The fourth-order valence-corrected chi connectivity index (χ4v) is 3.42. The second-order valence-electron chi connectivity index (χ2n) is 8.24. The van der Waals surface area contributed by atoms with Crippen molar-refractivity contribution in [3.63, 3.8) is 0 Å². The molecule has 0 aromatic heterocycles. The molecule has 0 aromatic carbocycles. The molecule has 0 radical (unpaired) electrons. The zero-order valence-electron chi connectivity index (χ0n) is 19.0. The molecule has 28 heavy (non-hydrogen) atoms. The van der Waals surface area contributed by atoms with E-state index < -0.39 is 6.23 Å². The normalized spacial score (nSPS) is 12.5. The molecule has 0 spiro atoms. The van der Waals surface area contributed by atoms with Gasteiger partial charge >= 0.3 is 0 Å². The van der Waals surface area contributed by atoms with E-state index in [0.717, 1.165) is 12.8 Å². The van der Waals surface area contributed by atoms with Crippen molar-refractivity contribution in [1.29, 1.82) is 0 Å². The average molecular weight is 396 g/mol. The van der Waals surface area contributed by atoms with Gasteiger partial charge in [0.05, 0.1) is 0 Å². The first-order chi connectivity index (χ1) is 13.7. The first-order valence-electron chi connectivity index (χ1n) is 12.3. The summed E-state index contributed by atoms with van der Waals surface area (Å²) >= 11 is 0. The van der Waals surface area contributed by atoms with Gasteiger partial charge in [0, 0.05) is 6.42 Å². The quantitative estimate of drug-likeness (QED) is 0.121. The number of aliphatic hydroxyl groups excluding tert-OH is 1. The summed E-state index contributed by atoms with van der Waals surface area (Å²) < 4.78 is 0. The molecule has 0 aliphatic rings. The Balaban J connectivity index is 3.17. The van der Waals surface area contributed by atoms with Crippen LogP contribution in [0.4, 0.5) is 0 Å². The SMILES string of the molecule is CCCCCCCC/C=C\CCCCCCCCCCCC(=O)NC(O)CC. The molecule has 1 amide bonds. The van der Waals surface area contributed by atoms with Crippen LogP contribution in [0.2, 0.25) is 0 Å². The zero-order chi connectivity index (χ0) is 20.7. The van der Waals surface area contributed by atoms with Crippen molar-refractivity contribution in [2.75, 3.05) is 0 Å². The van der Waals surface area contributed by atoms with Crippen molar-refractivity contribution in [3.8, 4) is 0 Å². The van der Waals surface area contributed by atoms with Gasteiger partial charge in [-0.15, -0.1) is 0 Å². The van der Waals surface area contributed by atoms with Gasteiger partial charge in [0.1, 0.15) is 6.23 Å². The van der Waals surface area contributed by atoms with Gasteiger partial charge in [0.25, 0.3) is 0 Å². The maximum atomic E-state index is 11.5. The van der Waals surface area contributed by atoms with Crippen molar-refractivity contribution in [2.45, 2.75) is 142 Å². The van der Waals surface area contributed by atoms with Crippen LogP contribution in [0.3, 0.4) is 0 Å². The molecule has 0 saturated carbocycles. The lowest BCUT2D eigenvalue weighted by Gasteiger charge is -2.09. The summed E-state index contributed by atoms with van der Waals surface area (Å²) in [6.45, 7) is 4.13. The number of carbonyl (C=O) groups is 1. The molecule has 0 bridgehead atoms. The summed E-state index contributed by atoms with van der Waals surface area (Å²) in [6.07, 6.45) is 27.4. The van der Waals surface area contributed by atoms with E-state index in [-0.39, 0.29) is 5.91 Å².